The maximum atomic E-state index is 13.5. The van der Waals surface area contributed by atoms with Crippen molar-refractivity contribution in [1.82, 2.24) is 15.5 Å². The van der Waals surface area contributed by atoms with Crippen LogP contribution in [0, 0.1) is 0 Å². The van der Waals surface area contributed by atoms with Crippen LogP contribution in [0.4, 0.5) is 0 Å². The number of hydrogen-bond donors (Lipinski definition) is 2. The minimum Gasteiger partial charge on any atom is -0.467 e. The van der Waals surface area contributed by atoms with E-state index >= 15 is 0 Å². The van der Waals surface area contributed by atoms with Crippen molar-refractivity contribution in [3.05, 3.63) is 70.7 Å². The summed E-state index contributed by atoms with van der Waals surface area (Å²) < 4.78 is 10.6. The van der Waals surface area contributed by atoms with Crippen molar-refractivity contribution >= 4 is 29.1 Å². The first-order valence-electron chi connectivity index (χ1n) is 11.1. The minimum atomic E-state index is -0.829. The van der Waals surface area contributed by atoms with E-state index in [0.717, 1.165) is 30.6 Å². The van der Waals surface area contributed by atoms with Gasteiger partial charge in [-0.05, 0) is 48.6 Å². The third-order valence-corrected chi connectivity index (χ3v) is 6.62. The lowest BCUT2D eigenvalue weighted by molar-refractivity contribution is -0.141. The molecule has 3 aromatic heterocycles. The summed E-state index contributed by atoms with van der Waals surface area (Å²) >= 11 is 1.41. The predicted molar refractivity (Wildman–Crippen MR) is 122 cm³/mol. The van der Waals surface area contributed by atoms with Crippen molar-refractivity contribution in [3.63, 3.8) is 0 Å². The van der Waals surface area contributed by atoms with Crippen LogP contribution in [-0.2, 0) is 16.1 Å². The fourth-order valence-corrected chi connectivity index (χ4v) is 4.88. The number of amides is 3. The van der Waals surface area contributed by atoms with Crippen molar-refractivity contribution < 1.29 is 23.2 Å². The Bertz CT molecular complexity index is 1020. The highest BCUT2D eigenvalue weighted by Crippen LogP contribution is 2.29. The summed E-state index contributed by atoms with van der Waals surface area (Å²) in [6, 6.07) is 9.59. The van der Waals surface area contributed by atoms with E-state index in [1.807, 2.05) is 17.5 Å². The summed E-state index contributed by atoms with van der Waals surface area (Å²) in [6.07, 6.45) is 8.15. The molecule has 1 atom stereocenters. The second kappa shape index (κ2) is 11.0. The number of furan rings is 2. The quantitative estimate of drug-likeness (QED) is 0.495. The van der Waals surface area contributed by atoms with Crippen molar-refractivity contribution in [3.8, 4) is 0 Å². The van der Waals surface area contributed by atoms with Crippen LogP contribution in [0.15, 0.2) is 63.1 Å². The second-order valence-corrected chi connectivity index (χ2v) is 9.00. The van der Waals surface area contributed by atoms with Gasteiger partial charge in [-0.25, -0.2) is 0 Å². The lowest BCUT2D eigenvalue weighted by atomic mass is 9.95. The van der Waals surface area contributed by atoms with E-state index in [-0.39, 0.29) is 30.8 Å². The molecular formula is C24H27N3O5S. The zero-order valence-corrected chi connectivity index (χ0v) is 19.0. The lowest BCUT2D eigenvalue weighted by Crippen LogP contribution is -2.48. The molecule has 0 aromatic carbocycles. The molecule has 3 heterocycles. The van der Waals surface area contributed by atoms with Crippen LogP contribution < -0.4 is 10.6 Å². The Hall–Kier alpha value is -3.33. The minimum absolute atomic E-state index is 0.100. The van der Waals surface area contributed by atoms with Crippen LogP contribution in [-0.4, -0.2) is 35.2 Å². The normalized spacial score (nSPS) is 15.0. The Kier molecular flexibility index (Phi) is 7.62. The fourth-order valence-electron chi connectivity index (χ4n) is 4.04. The van der Waals surface area contributed by atoms with Crippen molar-refractivity contribution in [2.75, 3.05) is 6.54 Å². The number of thiophene rings is 1. The first kappa shape index (κ1) is 22.8. The summed E-state index contributed by atoms with van der Waals surface area (Å²) in [5.41, 5.74) is 0. The third kappa shape index (κ3) is 5.92. The number of carbonyl (C=O) groups is 3. The molecule has 1 unspecified atom stereocenters. The van der Waals surface area contributed by atoms with Crippen LogP contribution in [0.5, 0.6) is 0 Å². The van der Waals surface area contributed by atoms with Gasteiger partial charge in [-0.1, -0.05) is 25.3 Å². The Morgan fingerprint density at radius 2 is 1.82 bits per heavy atom. The topological polar surface area (TPSA) is 105 Å². The molecule has 3 aromatic rings. The van der Waals surface area contributed by atoms with Gasteiger partial charge in [0.2, 0.25) is 11.8 Å². The molecule has 0 spiro atoms. The first-order chi connectivity index (χ1) is 16.1. The Morgan fingerprint density at radius 1 is 1.03 bits per heavy atom. The summed E-state index contributed by atoms with van der Waals surface area (Å²) in [4.78, 5) is 41.3. The zero-order chi connectivity index (χ0) is 23.0. The summed E-state index contributed by atoms with van der Waals surface area (Å²) in [7, 11) is 0. The van der Waals surface area contributed by atoms with Crippen molar-refractivity contribution in [2.24, 2.45) is 0 Å². The van der Waals surface area contributed by atoms with E-state index in [4.69, 9.17) is 8.83 Å². The van der Waals surface area contributed by atoms with Gasteiger partial charge in [0.15, 0.2) is 5.76 Å². The number of carbonyl (C=O) groups excluding carboxylic acids is 3. The van der Waals surface area contributed by atoms with Crippen LogP contribution >= 0.6 is 11.3 Å². The molecule has 0 aliphatic heterocycles. The van der Waals surface area contributed by atoms with Crippen LogP contribution in [0.25, 0.3) is 0 Å². The molecule has 9 heteroatoms. The molecule has 1 aliphatic carbocycles. The molecular weight excluding hydrogens is 442 g/mol. The van der Waals surface area contributed by atoms with Crippen LogP contribution in [0.1, 0.15) is 59.3 Å². The molecule has 8 nitrogen and oxygen atoms in total. The standard InChI is InChI=1S/C24H27N3O5S/c28-21(15-25-23(29)19-10-5-13-32-19)27(16-18-9-4-12-31-18)22(20-11-6-14-33-20)24(30)26-17-7-2-1-3-8-17/h4-6,9-14,17,22H,1-3,7-8,15-16H2,(H,25,29)(H,26,30). The predicted octanol–water partition coefficient (Wildman–Crippen LogP) is 3.88. The SMILES string of the molecule is O=C(NCC(=O)N(Cc1ccco1)C(C(=O)NC1CCCCC1)c1cccs1)c1ccco1. The average molecular weight is 470 g/mol. The van der Waals surface area contributed by atoms with E-state index in [9.17, 15) is 14.4 Å². The third-order valence-electron chi connectivity index (χ3n) is 5.70. The van der Waals surface area contributed by atoms with E-state index < -0.39 is 17.9 Å². The zero-order valence-electron chi connectivity index (χ0n) is 18.2. The molecule has 0 radical (unpaired) electrons. The molecule has 174 valence electrons. The number of nitrogens with zero attached hydrogens (tertiary/aromatic N) is 1. The van der Waals surface area contributed by atoms with Gasteiger partial charge in [-0.15, -0.1) is 11.3 Å². The fraction of sp³-hybridized carbons (Fsp3) is 0.375. The lowest BCUT2D eigenvalue weighted by Gasteiger charge is -2.32. The highest BCUT2D eigenvalue weighted by Gasteiger charge is 2.34. The Balaban J connectivity index is 1.55. The van der Waals surface area contributed by atoms with Crippen molar-refractivity contribution in [1.29, 1.82) is 0 Å². The van der Waals surface area contributed by atoms with Crippen LogP contribution in [0.3, 0.4) is 0 Å². The van der Waals surface area contributed by atoms with Crippen molar-refractivity contribution in [2.45, 2.75) is 50.7 Å². The molecule has 0 bridgehead atoms. The average Bonchev–Trinajstić information content (AvgIpc) is 3.61. The molecule has 1 aliphatic rings. The molecule has 4 rings (SSSR count). The highest BCUT2D eigenvalue weighted by molar-refractivity contribution is 7.10. The number of rotatable bonds is 9. The smallest absolute Gasteiger partial charge is 0.287 e. The number of hydrogen-bond acceptors (Lipinski definition) is 6. The van der Waals surface area contributed by atoms with E-state index in [1.165, 1.54) is 41.3 Å². The molecule has 0 saturated heterocycles. The van der Waals surface area contributed by atoms with E-state index in [0.29, 0.717) is 5.76 Å². The van der Waals surface area contributed by atoms with Gasteiger partial charge in [-0.3, -0.25) is 14.4 Å². The number of nitrogens with one attached hydrogen (secondary N) is 2. The molecule has 3 amide bonds. The van der Waals surface area contributed by atoms with E-state index in [1.54, 1.807) is 18.2 Å². The summed E-state index contributed by atoms with van der Waals surface area (Å²) in [5, 5.41) is 7.61. The maximum absolute atomic E-state index is 13.5. The summed E-state index contributed by atoms with van der Waals surface area (Å²) in [5.74, 6) is -0.450. The maximum Gasteiger partial charge on any atom is 0.287 e. The van der Waals surface area contributed by atoms with Gasteiger partial charge in [0.05, 0.1) is 25.6 Å². The molecule has 1 saturated carbocycles. The van der Waals surface area contributed by atoms with Gasteiger partial charge in [-0.2, -0.15) is 0 Å². The van der Waals surface area contributed by atoms with Gasteiger partial charge in [0, 0.05) is 10.9 Å². The second-order valence-electron chi connectivity index (χ2n) is 8.02. The largest absolute Gasteiger partial charge is 0.467 e. The monoisotopic (exact) mass is 469 g/mol. The van der Waals surface area contributed by atoms with Gasteiger partial charge < -0.3 is 24.4 Å². The Labute approximate surface area is 195 Å². The van der Waals surface area contributed by atoms with Gasteiger partial charge in [0.1, 0.15) is 11.8 Å². The van der Waals surface area contributed by atoms with Gasteiger partial charge >= 0.3 is 0 Å². The molecule has 1 fully saturated rings. The molecule has 33 heavy (non-hydrogen) atoms. The van der Waals surface area contributed by atoms with Crippen LogP contribution in [0.2, 0.25) is 0 Å². The highest BCUT2D eigenvalue weighted by atomic mass is 32.1. The first-order valence-corrected chi connectivity index (χ1v) is 12.0. The Morgan fingerprint density at radius 3 is 2.48 bits per heavy atom. The molecule has 2 N–H and O–H groups in total. The van der Waals surface area contributed by atoms with E-state index in [2.05, 4.69) is 10.6 Å². The summed E-state index contributed by atoms with van der Waals surface area (Å²) in [6.45, 7) is -0.179. The van der Waals surface area contributed by atoms with Gasteiger partial charge in [0.25, 0.3) is 5.91 Å².